The van der Waals surface area contributed by atoms with Crippen molar-refractivity contribution in [3.05, 3.63) is 80.0 Å². The van der Waals surface area contributed by atoms with Crippen LogP contribution in [0.2, 0.25) is 10.0 Å². The van der Waals surface area contributed by atoms with Crippen LogP contribution in [0.3, 0.4) is 0 Å². The molecule has 1 aromatic heterocycles. The molecule has 1 heterocycles. The number of halogens is 2. The zero-order valence-electron chi connectivity index (χ0n) is 17.0. The summed E-state index contributed by atoms with van der Waals surface area (Å²) in [7, 11) is 0. The molecule has 0 unspecified atom stereocenters. The molecule has 1 N–H and O–H groups in total. The van der Waals surface area contributed by atoms with Gasteiger partial charge in [0.15, 0.2) is 0 Å². The smallest absolute Gasteiger partial charge is 0.269 e. The van der Waals surface area contributed by atoms with Crippen LogP contribution in [0, 0.1) is 17.0 Å². The minimum atomic E-state index is -0.446. The number of nitrogens with zero attached hydrogens (tertiary/aromatic N) is 2. The van der Waals surface area contributed by atoms with E-state index in [1.54, 1.807) is 43.3 Å². The molecule has 0 saturated heterocycles. The molecule has 0 aliphatic rings. The average Bonchev–Trinajstić information content (AvgIpc) is 3.21. The predicted octanol–water partition coefficient (Wildman–Crippen LogP) is 5.78. The van der Waals surface area contributed by atoms with Crippen LogP contribution in [0.4, 0.5) is 5.69 Å². The molecule has 3 aromatic rings. The molecular formula is C22H19Cl2N3O5. The van der Waals surface area contributed by atoms with E-state index in [9.17, 15) is 14.9 Å². The fourth-order valence-corrected chi connectivity index (χ4v) is 3.30. The number of nitrogens with one attached hydrogen (secondary N) is 1. The highest BCUT2D eigenvalue weighted by Crippen LogP contribution is 2.28. The van der Waals surface area contributed by atoms with Crippen molar-refractivity contribution in [2.75, 3.05) is 6.61 Å². The summed E-state index contributed by atoms with van der Waals surface area (Å²) in [5, 5.41) is 15.7. The molecule has 0 spiro atoms. The first-order chi connectivity index (χ1) is 15.3. The van der Waals surface area contributed by atoms with Gasteiger partial charge in [-0.2, -0.15) is 5.10 Å². The minimum Gasteiger partial charge on any atom is -0.492 e. The fourth-order valence-electron chi connectivity index (χ4n) is 2.84. The number of non-ortho nitro benzene ring substituents is 1. The first kappa shape index (κ1) is 23.3. The van der Waals surface area contributed by atoms with Crippen molar-refractivity contribution in [1.29, 1.82) is 0 Å². The predicted molar refractivity (Wildman–Crippen MR) is 122 cm³/mol. The van der Waals surface area contributed by atoms with Crippen LogP contribution >= 0.6 is 23.2 Å². The number of hydrogen-bond acceptors (Lipinski definition) is 6. The maximum atomic E-state index is 11.9. The highest BCUT2D eigenvalue weighted by atomic mass is 35.5. The second kappa shape index (κ2) is 10.8. The highest BCUT2D eigenvalue weighted by molar-refractivity contribution is 6.35. The number of nitro benzene ring substituents is 1. The second-order valence-electron chi connectivity index (χ2n) is 6.78. The lowest BCUT2D eigenvalue weighted by molar-refractivity contribution is -0.384. The van der Waals surface area contributed by atoms with Crippen LogP contribution in [0.5, 0.6) is 5.75 Å². The molecule has 2 aromatic carbocycles. The topological polar surface area (TPSA) is 107 Å². The van der Waals surface area contributed by atoms with Crippen LogP contribution < -0.4 is 10.2 Å². The molecule has 166 valence electrons. The van der Waals surface area contributed by atoms with Crippen molar-refractivity contribution in [3.8, 4) is 17.1 Å². The van der Waals surface area contributed by atoms with Gasteiger partial charge in [0.05, 0.1) is 22.8 Å². The van der Waals surface area contributed by atoms with E-state index in [0.717, 1.165) is 5.56 Å². The Bertz CT molecular complexity index is 1160. The molecule has 0 fully saturated rings. The summed E-state index contributed by atoms with van der Waals surface area (Å²) >= 11 is 11.9. The lowest BCUT2D eigenvalue weighted by Crippen LogP contribution is -2.18. The first-order valence-electron chi connectivity index (χ1n) is 9.58. The summed E-state index contributed by atoms with van der Waals surface area (Å²) in [6, 6.07) is 12.9. The number of ether oxygens (including phenoxy) is 1. The average molecular weight is 476 g/mol. The standard InChI is InChI=1S/C22H19Cl2N3O5/c1-14-11-16(27(29)30)5-7-18(14)20-9-6-17(32-20)13-25-26-22(28)3-2-10-31-21-8-4-15(23)12-19(21)24/h4-9,11-13H,2-3,10H2,1H3,(H,26,28)/b25-13-. The third-order valence-electron chi connectivity index (χ3n) is 4.39. The van der Waals surface area contributed by atoms with E-state index in [1.807, 2.05) is 0 Å². The lowest BCUT2D eigenvalue weighted by atomic mass is 10.1. The number of nitro groups is 1. The Morgan fingerprint density at radius 1 is 1.22 bits per heavy atom. The van der Waals surface area contributed by atoms with Gasteiger partial charge in [0.2, 0.25) is 5.91 Å². The molecule has 0 aliphatic carbocycles. The van der Waals surface area contributed by atoms with Crippen LogP contribution in [-0.4, -0.2) is 23.7 Å². The van der Waals surface area contributed by atoms with Gasteiger partial charge >= 0.3 is 0 Å². The van der Waals surface area contributed by atoms with Crippen molar-refractivity contribution in [2.45, 2.75) is 19.8 Å². The number of aryl methyl sites for hydroxylation is 1. The van der Waals surface area contributed by atoms with Gasteiger partial charge < -0.3 is 9.15 Å². The summed E-state index contributed by atoms with van der Waals surface area (Å²) in [5.41, 5.74) is 3.89. The SMILES string of the molecule is Cc1cc([N+](=O)[O-])ccc1-c1ccc(/C=N\NC(=O)CCCOc2ccc(Cl)cc2Cl)o1. The van der Waals surface area contributed by atoms with Crippen molar-refractivity contribution in [1.82, 2.24) is 5.43 Å². The van der Waals surface area contributed by atoms with Gasteiger partial charge in [-0.15, -0.1) is 0 Å². The number of amides is 1. The number of hydrazone groups is 1. The number of carbonyl (C=O) groups is 1. The monoisotopic (exact) mass is 475 g/mol. The molecule has 32 heavy (non-hydrogen) atoms. The molecule has 0 aliphatic heterocycles. The lowest BCUT2D eigenvalue weighted by Gasteiger charge is -2.07. The van der Waals surface area contributed by atoms with Gasteiger partial charge in [-0.25, -0.2) is 5.43 Å². The summed E-state index contributed by atoms with van der Waals surface area (Å²) in [6.45, 7) is 2.08. The summed E-state index contributed by atoms with van der Waals surface area (Å²) in [5.74, 6) is 1.21. The molecule has 0 saturated carbocycles. The van der Waals surface area contributed by atoms with Gasteiger partial charge in [-0.3, -0.25) is 14.9 Å². The normalized spacial score (nSPS) is 11.0. The minimum absolute atomic E-state index is 0.0176. The number of carbonyl (C=O) groups excluding carboxylic acids is 1. The Labute approximate surface area is 193 Å². The van der Waals surface area contributed by atoms with E-state index in [2.05, 4.69) is 10.5 Å². The van der Waals surface area contributed by atoms with E-state index in [0.29, 0.717) is 45.9 Å². The maximum Gasteiger partial charge on any atom is 0.269 e. The van der Waals surface area contributed by atoms with E-state index < -0.39 is 4.92 Å². The number of benzene rings is 2. The van der Waals surface area contributed by atoms with Crippen molar-refractivity contribution < 1.29 is 18.9 Å². The molecule has 1 amide bonds. The van der Waals surface area contributed by atoms with Crippen LogP contribution in [0.15, 0.2) is 58.0 Å². The van der Waals surface area contributed by atoms with Crippen molar-refractivity contribution in [3.63, 3.8) is 0 Å². The number of furan rings is 1. The number of rotatable bonds is 9. The molecule has 0 radical (unpaired) electrons. The van der Waals surface area contributed by atoms with E-state index in [1.165, 1.54) is 18.3 Å². The molecular weight excluding hydrogens is 457 g/mol. The van der Waals surface area contributed by atoms with Crippen LogP contribution in [0.25, 0.3) is 11.3 Å². The van der Waals surface area contributed by atoms with E-state index in [-0.39, 0.29) is 18.0 Å². The Kier molecular flexibility index (Phi) is 7.86. The largest absolute Gasteiger partial charge is 0.492 e. The van der Waals surface area contributed by atoms with Gasteiger partial charge in [0.1, 0.15) is 17.3 Å². The third-order valence-corrected chi connectivity index (χ3v) is 4.92. The molecule has 3 rings (SSSR count). The Morgan fingerprint density at radius 3 is 2.75 bits per heavy atom. The molecule has 0 bridgehead atoms. The molecule has 8 nitrogen and oxygen atoms in total. The number of hydrogen-bond donors (Lipinski definition) is 1. The molecule has 10 heteroatoms. The maximum absolute atomic E-state index is 11.9. The van der Waals surface area contributed by atoms with Gasteiger partial charge in [-0.1, -0.05) is 23.2 Å². The summed E-state index contributed by atoms with van der Waals surface area (Å²) < 4.78 is 11.2. The Morgan fingerprint density at radius 2 is 2.03 bits per heavy atom. The Balaban J connectivity index is 1.45. The zero-order valence-corrected chi connectivity index (χ0v) is 18.5. The van der Waals surface area contributed by atoms with Crippen molar-refractivity contribution in [2.24, 2.45) is 5.10 Å². The highest BCUT2D eigenvalue weighted by Gasteiger charge is 2.12. The zero-order chi connectivity index (χ0) is 23.1. The van der Waals surface area contributed by atoms with Crippen molar-refractivity contribution >= 4 is 41.0 Å². The van der Waals surface area contributed by atoms with E-state index in [4.69, 9.17) is 32.4 Å². The van der Waals surface area contributed by atoms with Gasteiger partial charge in [0.25, 0.3) is 5.69 Å². The molecule has 0 atom stereocenters. The first-order valence-corrected chi connectivity index (χ1v) is 10.3. The van der Waals surface area contributed by atoms with Crippen LogP contribution in [0.1, 0.15) is 24.2 Å². The summed E-state index contributed by atoms with van der Waals surface area (Å²) in [6.07, 6.45) is 2.07. The Hall–Kier alpha value is -3.36. The van der Waals surface area contributed by atoms with Gasteiger partial charge in [-0.05, 0) is 55.3 Å². The van der Waals surface area contributed by atoms with Crippen LogP contribution in [-0.2, 0) is 4.79 Å². The summed E-state index contributed by atoms with van der Waals surface area (Å²) in [4.78, 5) is 22.3. The second-order valence-corrected chi connectivity index (χ2v) is 7.62. The van der Waals surface area contributed by atoms with E-state index >= 15 is 0 Å². The fraction of sp³-hybridized carbons (Fsp3) is 0.182. The third kappa shape index (κ3) is 6.32. The van der Waals surface area contributed by atoms with Gasteiger partial charge in [0, 0.05) is 29.1 Å². The quantitative estimate of drug-likeness (QED) is 0.182.